The number of benzene rings is 1. The normalized spacial score (nSPS) is 10.8. The number of carboxylic acids is 1. The number of hydrogen-bond acceptors (Lipinski definition) is 5. The van der Waals surface area contributed by atoms with Gasteiger partial charge in [0.15, 0.2) is 0 Å². The maximum absolute atomic E-state index is 12.1. The molecule has 7 nitrogen and oxygen atoms in total. The molecule has 0 saturated carbocycles. The summed E-state index contributed by atoms with van der Waals surface area (Å²) >= 11 is 0. The molecule has 0 heterocycles. The van der Waals surface area contributed by atoms with Crippen LogP contribution in [0.4, 0.5) is 5.69 Å². The first-order valence-electron chi connectivity index (χ1n) is 6.41. The second-order valence-corrected chi connectivity index (χ2v) is 5.13. The second-order valence-electron chi connectivity index (χ2n) is 5.13. The number of nitro benzene ring substituents is 1. The Balaban J connectivity index is 3.60. The van der Waals surface area contributed by atoms with Crippen LogP contribution in [0.2, 0.25) is 0 Å². The van der Waals surface area contributed by atoms with Gasteiger partial charge in [0.1, 0.15) is 0 Å². The van der Waals surface area contributed by atoms with Gasteiger partial charge in [0.2, 0.25) is 0 Å². The van der Waals surface area contributed by atoms with E-state index >= 15 is 0 Å². The number of nitro groups is 1. The van der Waals surface area contributed by atoms with Gasteiger partial charge in [0, 0.05) is 12.1 Å². The highest BCUT2D eigenvalue weighted by Crippen LogP contribution is 2.29. The van der Waals surface area contributed by atoms with E-state index in [0.29, 0.717) is 0 Å². The summed E-state index contributed by atoms with van der Waals surface area (Å²) in [6, 6.07) is 2.02. The average molecular weight is 295 g/mol. The van der Waals surface area contributed by atoms with Crippen molar-refractivity contribution in [1.29, 1.82) is 0 Å². The minimum absolute atomic E-state index is 0.0784. The van der Waals surface area contributed by atoms with Crippen LogP contribution in [0, 0.1) is 10.1 Å². The van der Waals surface area contributed by atoms with Crippen LogP contribution >= 0.6 is 0 Å². The first kappa shape index (κ1) is 16.6. The molecule has 0 aliphatic carbocycles. The van der Waals surface area contributed by atoms with Gasteiger partial charge in [-0.2, -0.15) is 0 Å². The molecule has 0 saturated heterocycles. The van der Waals surface area contributed by atoms with Gasteiger partial charge in [-0.05, 0) is 25.3 Å². The van der Waals surface area contributed by atoms with E-state index in [-0.39, 0.29) is 22.6 Å². The van der Waals surface area contributed by atoms with Gasteiger partial charge in [-0.25, -0.2) is 9.59 Å². The number of nitrogens with zero attached hydrogens (tertiary/aromatic N) is 1. The van der Waals surface area contributed by atoms with E-state index in [1.54, 1.807) is 27.7 Å². The molecule has 1 aromatic rings. The zero-order valence-corrected chi connectivity index (χ0v) is 12.2. The van der Waals surface area contributed by atoms with Crippen LogP contribution in [-0.4, -0.2) is 28.1 Å². The maximum Gasteiger partial charge on any atom is 0.338 e. The lowest BCUT2D eigenvalue weighted by atomic mass is 9.91. The molecule has 0 fully saturated rings. The van der Waals surface area contributed by atoms with Crippen molar-refractivity contribution in [3.63, 3.8) is 0 Å². The molecule has 0 radical (unpaired) electrons. The Morgan fingerprint density at radius 1 is 1.19 bits per heavy atom. The van der Waals surface area contributed by atoms with Crippen molar-refractivity contribution in [3.8, 4) is 0 Å². The Morgan fingerprint density at radius 3 is 2.10 bits per heavy atom. The molecule has 1 aromatic carbocycles. The largest absolute Gasteiger partial charge is 0.478 e. The molecular weight excluding hydrogens is 278 g/mol. The molecule has 21 heavy (non-hydrogen) atoms. The number of aromatic carboxylic acids is 1. The highest BCUT2D eigenvalue weighted by atomic mass is 16.6. The van der Waals surface area contributed by atoms with Crippen molar-refractivity contribution in [2.24, 2.45) is 0 Å². The first-order valence-corrected chi connectivity index (χ1v) is 6.41. The van der Waals surface area contributed by atoms with E-state index in [2.05, 4.69) is 0 Å². The lowest BCUT2D eigenvalue weighted by Crippen LogP contribution is -2.17. The summed E-state index contributed by atoms with van der Waals surface area (Å²) in [6.07, 6.45) is -0.412. The van der Waals surface area contributed by atoms with Crippen molar-refractivity contribution in [3.05, 3.63) is 38.9 Å². The fraction of sp³-hybridized carbons (Fsp3) is 0.429. The Labute approximate surface area is 121 Å². The van der Waals surface area contributed by atoms with Crippen LogP contribution in [0.1, 0.15) is 59.9 Å². The molecule has 0 aliphatic heterocycles. The molecule has 0 spiro atoms. The predicted octanol–water partition coefficient (Wildman–Crippen LogP) is 2.98. The van der Waals surface area contributed by atoms with Gasteiger partial charge in [-0.1, -0.05) is 13.8 Å². The summed E-state index contributed by atoms with van der Waals surface area (Å²) in [6.45, 7) is 6.70. The zero-order valence-electron chi connectivity index (χ0n) is 12.2. The van der Waals surface area contributed by atoms with E-state index in [1.807, 2.05) is 0 Å². The number of carbonyl (C=O) groups excluding carboxylic acids is 1. The molecule has 1 N–H and O–H groups in total. The van der Waals surface area contributed by atoms with Gasteiger partial charge < -0.3 is 9.84 Å². The summed E-state index contributed by atoms with van der Waals surface area (Å²) in [5.41, 5.74) is -0.550. The van der Waals surface area contributed by atoms with Crippen molar-refractivity contribution >= 4 is 17.6 Å². The van der Waals surface area contributed by atoms with E-state index in [1.165, 1.54) is 0 Å². The van der Waals surface area contributed by atoms with E-state index in [4.69, 9.17) is 4.74 Å². The Kier molecular flexibility index (Phi) is 5.02. The highest BCUT2D eigenvalue weighted by Gasteiger charge is 2.27. The summed E-state index contributed by atoms with van der Waals surface area (Å²) in [5, 5.41) is 20.1. The van der Waals surface area contributed by atoms with Crippen molar-refractivity contribution in [2.45, 2.75) is 39.7 Å². The summed E-state index contributed by atoms with van der Waals surface area (Å²) in [4.78, 5) is 33.6. The third-order valence-corrected chi connectivity index (χ3v) is 2.75. The third kappa shape index (κ3) is 3.77. The number of carboxylic acid groups (broad SMARTS) is 1. The van der Waals surface area contributed by atoms with Gasteiger partial charge >= 0.3 is 11.9 Å². The topological polar surface area (TPSA) is 107 Å². The number of ether oxygens (including phenoxy) is 1. The van der Waals surface area contributed by atoms with Gasteiger partial charge in [-0.3, -0.25) is 10.1 Å². The third-order valence-electron chi connectivity index (χ3n) is 2.75. The molecule has 0 aliphatic rings. The van der Waals surface area contributed by atoms with Crippen LogP contribution < -0.4 is 0 Å². The Hall–Kier alpha value is -2.44. The van der Waals surface area contributed by atoms with Crippen LogP contribution in [0.15, 0.2) is 12.1 Å². The number of esters is 1. The van der Waals surface area contributed by atoms with Crippen molar-refractivity contribution in [2.75, 3.05) is 0 Å². The minimum atomic E-state index is -1.32. The fourth-order valence-corrected chi connectivity index (χ4v) is 1.99. The first-order chi connectivity index (χ1) is 9.65. The number of rotatable bonds is 5. The quantitative estimate of drug-likeness (QED) is 0.508. The second kappa shape index (κ2) is 6.34. The van der Waals surface area contributed by atoms with Crippen molar-refractivity contribution in [1.82, 2.24) is 0 Å². The Morgan fingerprint density at radius 2 is 1.71 bits per heavy atom. The lowest BCUT2D eigenvalue weighted by Gasteiger charge is -2.16. The average Bonchev–Trinajstić information content (AvgIpc) is 2.35. The molecule has 114 valence electrons. The number of carbonyl (C=O) groups is 2. The minimum Gasteiger partial charge on any atom is -0.478 e. The predicted molar refractivity (Wildman–Crippen MR) is 74.7 cm³/mol. The monoisotopic (exact) mass is 295 g/mol. The summed E-state index contributed by atoms with van der Waals surface area (Å²) in [5.74, 6) is -2.38. The maximum atomic E-state index is 12.1. The van der Waals surface area contributed by atoms with E-state index < -0.39 is 28.7 Å². The van der Waals surface area contributed by atoms with Crippen LogP contribution in [-0.2, 0) is 4.74 Å². The highest BCUT2D eigenvalue weighted by molar-refractivity contribution is 5.99. The standard InChI is InChI=1S/C14H17NO6/c1-7(2)12-10(13(16)17)5-9(15(19)20)6-11(12)14(18)21-8(3)4/h5-8H,1-4H3,(H,16,17). The molecule has 0 atom stereocenters. The van der Waals surface area contributed by atoms with Crippen molar-refractivity contribution < 1.29 is 24.4 Å². The van der Waals surface area contributed by atoms with Gasteiger partial charge in [0.05, 0.1) is 22.2 Å². The Bertz CT molecular complexity index is 591. The molecule has 0 unspecified atom stereocenters. The molecular formula is C14H17NO6. The smallest absolute Gasteiger partial charge is 0.338 e. The molecule has 0 aromatic heterocycles. The van der Waals surface area contributed by atoms with Gasteiger partial charge in [-0.15, -0.1) is 0 Å². The van der Waals surface area contributed by atoms with Crippen LogP contribution in [0.3, 0.4) is 0 Å². The van der Waals surface area contributed by atoms with Crippen LogP contribution in [0.5, 0.6) is 0 Å². The number of non-ortho nitro benzene ring substituents is 1. The summed E-state index contributed by atoms with van der Waals surface area (Å²) < 4.78 is 5.04. The molecule has 0 bridgehead atoms. The molecule has 1 rings (SSSR count). The molecule has 7 heteroatoms. The van der Waals surface area contributed by atoms with E-state index in [0.717, 1.165) is 12.1 Å². The fourth-order valence-electron chi connectivity index (χ4n) is 1.99. The van der Waals surface area contributed by atoms with E-state index in [9.17, 15) is 24.8 Å². The molecule has 0 amide bonds. The summed E-state index contributed by atoms with van der Waals surface area (Å²) in [7, 11) is 0. The SMILES string of the molecule is CC(C)OC(=O)c1cc([N+](=O)[O-])cc(C(=O)O)c1C(C)C. The number of hydrogen-bond donors (Lipinski definition) is 1. The zero-order chi connectivity index (χ0) is 16.3. The lowest BCUT2D eigenvalue weighted by molar-refractivity contribution is -0.384. The van der Waals surface area contributed by atoms with Crippen LogP contribution in [0.25, 0.3) is 0 Å². The van der Waals surface area contributed by atoms with Gasteiger partial charge in [0.25, 0.3) is 5.69 Å².